The van der Waals surface area contributed by atoms with E-state index in [1.807, 2.05) is 12.1 Å². The van der Waals surface area contributed by atoms with Crippen LogP contribution in [0, 0.1) is 0 Å². The van der Waals surface area contributed by atoms with E-state index < -0.39 is 0 Å². The summed E-state index contributed by atoms with van der Waals surface area (Å²) in [7, 11) is 4.64. The van der Waals surface area contributed by atoms with Gasteiger partial charge in [-0.05, 0) is 35.9 Å². The quantitative estimate of drug-likeness (QED) is 0.536. The van der Waals surface area contributed by atoms with Crippen LogP contribution in [0.25, 0.3) is 17.5 Å². The van der Waals surface area contributed by atoms with Crippen LogP contribution in [0.4, 0.5) is 0 Å². The van der Waals surface area contributed by atoms with Crippen molar-refractivity contribution < 1.29 is 23.5 Å². The molecule has 0 N–H and O–H groups in total. The van der Waals surface area contributed by atoms with Crippen molar-refractivity contribution in [2.24, 2.45) is 0 Å². The number of ether oxygens (including phenoxy) is 3. The molecule has 0 radical (unpaired) electrons. The molecule has 0 atom stereocenters. The van der Waals surface area contributed by atoms with Crippen molar-refractivity contribution in [1.29, 1.82) is 0 Å². The molecule has 3 heterocycles. The summed E-state index contributed by atoms with van der Waals surface area (Å²) < 4.78 is 21.4. The van der Waals surface area contributed by atoms with Crippen molar-refractivity contribution in [2.75, 3.05) is 34.4 Å². The van der Waals surface area contributed by atoms with E-state index in [9.17, 15) is 4.79 Å². The molecular formula is C22H22N4O5. The van der Waals surface area contributed by atoms with E-state index in [0.29, 0.717) is 42.1 Å². The second kappa shape index (κ2) is 8.86. The van der Waals surface area contributed by atoms with Crippen LogP contribution in [0.15, 0.2) is 47.3 Å². The number of nitrogens with zero attached hydrogens (tertiary/aromatic N) is 4. The van der Waals surface area contributed by atoms with Gasteiger partial charge in [-0.15, -0.1) is 0 Å². The lowest BCUT2D eigenvalue weighted by Gasteiger charge is -2.36. The lowest BCUT2D eigenvalue weighted by Crippen LogP contribution is -2.47. The van der Waals surface area contributed by atoms with Gasteiger partial charge < -0.3 is 23.6 Å². The van der Waals surface area contributed by atoms with E-state index in [0.717, 1.165) is 11.1 Å². The molecule has 9 heteroatoms. The molecule has 1 amide bonds. The molecule has 3 aromatic rings. The maximum absolute atomic E-state index is 12.5. The topological polar surface area (TPSA) is 99.8 Å². The lowest BCUT2D eigenvalue weighted by atomic mass is 10.00. The van der Waals surface area contributed by atoms with Crippen LogP contribution in [0.5, 0.6) is 17.2 Å². The maximum atomic E-state index is 12.5. The van der Waals surface area contributed by atoms with Crippen LogP contribution in [0.1, 0.15) is 17.4 Å². The van der Waals surface area contributed by atoms with Gasteiger partial charge in [0.15, 0.2) is 11.5 Å². The Kier molecular flexibility index (Phi) is 5.83. The number of likely N-dealkylation sites (tertiary alicyclic amines) is 1. The number of hydrogen-bond acceptors (Lipinski definition) is 8. The van der Waals surface area contributed by atoms with Crippen LogP contribution in [-0.2, 0) is 4.79 Å². The molecular weight excluding hydrogens is 400 g/mol. The molecule has 9 nitrogen and oxygen atoms in total. The number of benzene rings is 1. The van der Waals surface area contributed by atoms with E-state index in [-0.39, 0.29) is 11.8 Å². The molecule has 1 fully saturated rings. The highest BCUT2D eigenvalue weighted by Crippen LogP contribution is 2.38. The number of carbonyl (C=O) groups is 1. The monoisotopic (exact) mass is 422 g/mol. The van der Waals surface area contributed by atoms with Crippen LogP contribution in [-0.4, -0.2) is 60.4 Å². The zero-order chi connectivity index (χ0) is 21.8. The highest BCUT2D eigenvalue weighted by molar-refractivity contribution is 5.92. The van der Waals surface area contributed by atoms with Gasteiger partial charge in [-0.25, -0.2) is 0 Å². The van der Waals surface area contributed by atoms with E-state index >= 15 is 0 Å². The molecule has 4 rings (SSSR count). The Morgan fingerprint density at radius 1 is 1.16 bits per heavy atom. The molecule has 2 aromatic heterocycles. The summed E-state index contributed by atoms with van der Waals surface area (Å²) in [5, 5.41) is 4.00. The molecule has 0 unspecified atom stereocenters. The van der Waals surface area contributed by atoms with Crippen LogP contribution >= 0.6 is 0 Å². The van der Waals surface area contributed by atoms with Crippen molar-refractivity contribution in [3.8, 4) is 28.6 Å². The molecule has 31 heavy (non-hydrogen) atoms. The fourth-order valence-corrected chi connectivity index (χ4v) is 3.30. The molecule has 160 valence electrons. The van der Waals surface area contributed by atoms with Crippen molar-refractivity contribution in [3.63, 3.8) is 0 Å². The second-order valence-electron chi connectivity index (χ2n) is 6.93. The average molecular weight is 422 g/mol. The van der Waals surface area contributed by atoms with E-state index in [1.165, 1.54) is 6.08 Å². The van der Waals surface area contributed by atoms with Gasteiger partial charge in [0.2, 0.25) is 23.4 Å². The predicted molar refractivity (Wildman–Crippen MR) is 112 cm³/mol. The van der Waals surface area contributed by atoms with Gasteiger partial charge in [0.1, 0.15) is 0 Å². The average Bonchev–Trinajstić information content (AvgIpc) is 3.26. The van der Waals surface area contributed by atoms with E-state index in [1.54, 1.807) is 56.8 Å². The summed E-state index contributed by atoms with van der Waals surface area (Å²) in [6.45, 7) is 1.04. The minimum Gasteiger partial charge on any atom is -0.493 e. The first-order valence-electron chi connectivity index (χ1n) is 9.64. The summed E-state index contributed by atoms with van der Waals surface area (Å²) in [6.07, 6.45) is 6.60. The summed E-state index contributed by atoms with van der Waals surface area (Å²) in [5.41, 5.74) is 1.55. The molecule has 0 spiro atoms. The zero-order valence-corrected chi connectivity index (χ0v) is 17.4. The number of hydrogen-bond donors (Lipinski definition) is 0. The fraction of sp³-hybridized carbons (Fsp3) is 0.273. The summed E-state index contributed by atoms with van der Waals surface area (Å²) in [5.74, 6) is 2.50. The normalized spacial score (nSPS) is 13.8. The van der Waals surface area contributed by atoms with Gasteiger partial charge in [-0.2, -0.15) is 4.98 Å². The SMILES string of the molecule is COc1cc(/C=C/C(=O)N2CC(c3nc(-c4cccnc4)no3)C2)cc(OC)c1OC. The second-order valence-corrected chi connectivity index (χ2v) is 6.93. The van der Waals surface area contributed by atoms with Gasteiger partial charge >= 0.3 is 0 Å². The third kappa shape index (κ3) is 4.20. The molecule has 0 aliphatic carbocycles. The first-order valence-corrected chi connectivity index (χ1v) is 9.64. The Balaban J connectivity index is 1.38. The van der Waals surface area contributed by atoms with Crippen molar-refractivity contribution >= 4 is 12.0 Å². The Hall–Kier alpha value is -3.88. The first-order chi connectivity index (χ1) is 15.1. The highest BCUT2D eigenvalue weighted by Gasteiger charge is 2.34. The lowest BCUT2D eigenvalue weighted by molar-refractivity contribution is -0.130. The molecule has 1 aliphatic heterocycles. The minimum absolute atomic E-state index is 0.0245. The fourth-order valence-electron chi connectivity index (χ4n) is 3.30. The number of amides is 1. The van der Waals surface area contributed by atoms with Gasteiger partial charge in [0.25, 0.3) is 0 Å². The van der Waals surface area contributed by atoms with Crippen molar-refractivity contribution in [1.82, 2.24) is 20.0 Å². The number of aromatic nitrogens is 3. The Morgan fingerprint density at radius 2 is 1.90 bits per heavy atom. The molecule has 1 aromatic carbocycles. The highest BCUT2D eigenvalue weighted by atomic mass is 16.5. The smallest absolute Gasteiger partial charge is 0.246 e. The predicted octanol–water partition coefficient (Wildman–Crippen LogP) is 2.80. The standard InChI is InChI=1S/C22H22N4O5/c1-28-17-9-14(10-18(29-2)20(17)30-3)6-7-19(27)26-12-16(13-26)22-24-21(25-31-22)15-5-4-8-23-11-15/h4-11,16H,12-13H2,1-3H3/b7-6+. The number of methoxy groups -OCH3 is 3. The third-order valence-electron chi connectivity index (χ3n) is 5.01. The summed E-state index contributed by atoms with van der Waals surface area (Å²) in [4.78, 5) is 22.7. The largest absolute Gasteiger partial charge is 0.493 e. The van der Waals surface area contributed by atoms with Gasteiger partial charge in [0.05, 0.1) is 27.2 Å². The minimum atomic E-state index is -0.100. The molecule has 1 aliphatic rings. The molecule has 0 bridgehead atoms. The van der Waals surface area contributed by atoms with Crippen molar-refractivity contribution in [2.45, 2.75) is 5.92 Å². The number of carbonyl (C=O) groups excluding carboxylic acids is 1. The van der Waals surface area contributed by atoms with Crippen LogP contribution in [0.3, 0.4) is 0 Å². The Morgan fingerprint density at radius 3 is 2.52 bits per heavy atom. The van der Waals surface area contributed by atoms with E-state index in [2.05, 4.69) is 15.1 Å². The molecule has 0 saturated carbocycles. The first kappa shape index (κ1) is 20.4. The van der Waals surface area contributed by atoms with Crippen LogP contribution < -0.4 is 14.2 Å². The third-order valence-corrected chi connectivity index (χ3v) is 5.01. The summed E-state index contributed by atoms with van der Waals surface area (Å²) in [6, 6.07) is 7.24. The van der Waals surface area contributed by atoms with Crippen molar-refractivity contribution in [3.05, 3.63) is 54.2 Å². The van der Waals surface area contributed by atoms with Gasteiger partial charge in [-0.3, -0.25) is 9.78 Å². The number of pyridine rings is 1. The van der Waals surface area contributed by atoms with Crippen LogP contribution in [0.2, 0.25) is 0 Å². The zero-order valence-electron chi connectivity index (χ0n) is 17.4. The van der Waals surface area contributed by atoms with Gasteiger partial charge in [0, 0.05) is 37.1 Å². The summed E-state index contributed by atoms with van der Waals surface area (Å²) >= 11 is 0. The number of rotatable bonds is 7. The van der Waals surface area contributed by atoms with Gasteiger partial charge in [-0.1, -0.05) is 5.16 Å². The molecule has 1 saturated heterocycles. The Labute approximate surface area is 179 Å². The maximum Gasteiger partial charge on any atom is 0.246 e. The Bertz CT molecular complexity index is 1070. The van der Waals surface area contributed by atoms with E-state index in [4.69, 9.17) is 18.7 Å².